The molecular formula is C17H21N5O. The number of anilines is 1. The molecule has 0 amide bonds. The molecule has 0 unspecified atom stereocenters. The zero-order chi connectivity index (χ0) is 16.2. The Hall–Kier alpha value is -2.47. The predicted molar refractivity (Wildman–Crippen MR) is 90.4 cm³/mol. The van der Waals surface area contributed by atoms with Gasteiger partial charge in [-0.1, -0.05) is 6.07 Å². The largest absolute Gasteiger partial charge is 0.383 e. The van der Waals surface area contributed by atoms with E-state index in [-0.39, 0.29) is 0 Å². The Morgan fingerprint density at radius 1 is 1.17 bits per heavy atom. The highest BCUT2D eigenvalue weighted by Crippen LogP contribution is 2.22. The summed E-state index contributed by atoms with van der Waals surface area (Å²) in [7, 11) is 1.70. The van der Waals surface area contributed by atoms with Crippen LogP contribution in [0.1, 0.15) is 17.1 Å². The monoisotopic (exact) mass is 311 g/mol. The van der Waals surface area contributed by atoms with Crippen molar-refractivity contribution in [3.63, 3.8) is 0 Å². The molecule has 6 nitrogen and oxygen atoms in total. The van der Waals surface area contributed by atoms with E-state index in [4.69, 9.17) is 4.74 Å². The Balaban J connectivity index is 1.88. The number of pyridine rings is 1. The highest BCUT2D eigenvalue weighted by molar-refractivity contribution is 5.86. The Bertz CT molecular complexity index is 795. The molecule has 0 aliphatic carbocycles. The maximum Gasteiger partial charge on any atom is 0.154 e. The van der Waals surface area contributed by atoms with Gasteiger partial charge >= 0.3 is 0 Å². The summed E-state index contributed by atoms with van der Waals surface area (Å²) >= 11 is 0. The third-order valence-corrected chi connectivity index (χ3v) is 3.67. The molecule has 0 saturated heterocycles. The summed E-state index contributed by atoms with van der Waals surface area (Å²) in [6.07, 6.45) is 3.90. The second-order valence-electron chi connectivity index (χ2n) is 5.54. The molecule has 0 aliphatic heterocycles. The number of hydrogen-bond acceptors (Lipinski definition) is 5. The number of rotatable bonds is 6. The molecule has 0 atom stereocenters. The van der Waals surface area contributed by atoms with Gasteiger partial charge in [-0.3, -0.25) is 4.98 Å². The zero-order valence-corrected chi connectivity index (χ0v) is 13.7. The topological polar surface area (TPSA) is 64.9 Å². The Labute approximate surface area is 135 Å². The maximum absolute atomic E-state index is 5.18. The minimum atomic E-state index is 0.626. The lowest BCUT2D eigenvalue weighted by Crippen LogP contribution is -2.09. The van der Waals surface area contributed by atoms with Crippen molar-refractivity contribution < 1.29 is 4.74 Å². The molecular weight excluding hydrogens is 290 g/mol. The summed E-state index contributed by atoms with van der Waals surface area (Å²) in [5.74, 6) is 1.58. The maximum atomic E-state index is 5.18. The molecule has 23 heavy (non-hydrogen) atoms. The van der Waals surface area contributed by atoms with Crippen LogP contribution in [0.5, 0.6) is 0 Å². The van der Waals surface area contributed by atoms with Crippen LogP contribution in [0.25, 0.3) is 11.0 Å². The number of ether oxygens (including phenoxy) is 1. The summed E-state index contributed by atoms with van der Waals surface area (Å²) < 4.78 is 7.29. The predicted octanol–water partition coefficient (Wildman–Crippen LogP) is 2.70. The fourth-order valence-electron chi connectivity index (χ4n) is 2.50. The van der Waals surface area contributed by atoms with Crippen molar-refractivity contribution in [3.8, 4) is 0 Å². The number of nitrogens with one attached hydrogen (secondary N) is 1. The van der Waals surface area contributed by atoms with Gasteiger partial charge in [0.1, 0.15) is 11.3 Å². The van der Waals surface area contributed by atoms with Gasteiger partial charge in [0.15, 0.2) is 5.82 Å². The van der Waals surface area contributed by atoms with Crippen LogP contribution in [0.2, 0.25) is 0 Å². The van der Waals surface area contributed by atoms with Crippen molar-refractivity contribution in [1.29, 1.82) is 0 Å². The van der Waals surface area contributed by atoms with Crippen molar-refractivity contribution in [2.75, 3.05) is 19.0 Å². The lowest BCUT2D eigenvalue weighted by Gasteiger charge is -2.11. The molecule has 3 aromatic rings. The van der Waals surface area contributed by atoms with Gasteiger partial charge < -0.3 is 14.6 Å². The first-order valence-corrected chi connectivity index (χ1v) is 7.65. The number of nitrogens with zero attached hydrogens (tertiary/aromatic N) is 4. The third-order valence-electron chi connectivity index (χ3n) is 3.67. The Morgan fingerprint density at radius 3 is 2.78 bits per heavy atom. The second kappa shape index (κ2) is 6.75. The van der Waals surface area contributed by atoms with Crippen molar-refractivity contribution >= 4 is 16.9 Å². The molecule has 0 bridgehead atoms. The fourth-order valence-corrected chi connectivity index (χ4v) is 2.50. The fraction of sp³-hybridized carbons (Fsp3) is 0.353. The molecule has 3 aromatic heterocycles. The molecule has 1 N–H and O–H groups in total. The van der Waals surface area contributed by atoms with Gasteiger partial charge in [-0.15, -0.1) is 0 Å². The number of aryl methyl sites for hydroxylation is 2. The van der Waals surface area contributed by atoms with Crippen LogP contribution >= 0.6 is 0 Å². The van der Waals surface area contributed by atoms with E-state index >= 15 is 0 Å². The lowest BCUT2D eigenvalue weighted by molar-refractivity contribution is 0.188. The van der Waals surface area contributed by atoms with Crippen molar-refractivity contribution in [2.45, 2.75) is 26.9 Å². The summed E-state index contributed by atoms with van der Waals surface area (Å²) in [4.78, 5) is 13.5. The lowest BCUT2D eigenvalue weighted by atomic mass is 10.3. The molecule has 0 aromatic carbocycles. The van der Waals surface area contributed by atoms with Crippen LogP contribution in [0.4, 0.5) is 5.82 Å². The SMILES string of the molecule is COCCn1ccc2nc(C)nc(NCc3ccc(C)cn3)c21. The molecule has 3 heterocycles. The summed E-state index contributed by atoms with van der Waals surface area (Å²) in [5, 5.41) is 3.39. The number of aromatic nitrogens is 4. The summed E-state index contributed by atoms with van der Waals surface area (Å²) in [6, 6.07) is 6.10. The Morgan fingerprint density at radius 2 is 2.04 bits per heavy atom. The van der Waals surface area contributed by atoms with Crippen LogP contribution in [-0.2, 0) is 17.8 Å². The minimum Gasteiger partial charge on any atom is -0.383 e. The summed E-state index contributed by atoms with van der Waals surface area (Å²) in [5.41, 5.74) is 4.07. The van der Waals surface area contributed by atoms with E-state index in [2.05, 4.69) is 30.9 Å². The highest BCUT2D eigenvalue weighted by Gasteiger charge is 2.11. The van der Waals surface area contributed by atoms with E-state index in [1.54, 1.807) is 7.11 Å². The van der Waals surface area contributed by atoms with Crippen molar-refractivity contribution in [3.05, 3.63) is 47.7 Å². The van der Waals surface area contributed by atoms with Gasteiger partial charge in [-0.25, -0.2) is 9.97 Å². The van der Waals surface area contributed by atoms with Gasteiger partial charge in [-0.05, 0) is 31.5 Å². The van der Waals surface area contributed by atoms with E-state index in [0.717, 1.165) is 40.5 Å². The first kappa shape index (κ1) is 15.4. The molecule has 0 radical (unpaired) electrons. The smallest absolute Gasteiger partial charge is 0.154 e. The number of methoxy groups -OCH3 is 1. The molecule has 120 valence electrons. The van der Waals surface area contributed by atoms with Gasteiger partial charge in [0.2, 0.25) is 0 Å². The third kappa shape index (κ3) is 3.48. The van der Waals surface area contributed by atoms with Crippen molar-refractivity contribution in [2.24, 2.45) is 0 Å². The standard InChI is InChI=1S/C17H21N5O/c1-12-4-5-14(18-10-12)11-19-17-16-15(20-13(2)21-17)6-7-22(16)8-9-23-3/h4-7,10H,8-9,11H2,1-3H3,(H,19,20,21). The molecule has 0 fully saturated rings. The quantitative estimate of drug-likeness (QED) is 0.758. The van der Waals surface area contributed by atoms with Gasteiger partial charge in [0.25, 0.3) is 0 Å². The van der Waals surface area contributed by atoms with Crippen LogP contribution in [0.3, 0.4) is 0 Å². The van der Waals surface area contributed by atoms with Gasteiger partial charge in [-0.2, -0.15) is 0 Å². The van der Waals surface area contributed by atoms with Crippen LogP contribution in [0.15, 0.2) is 30.6 Å². The van der Waals surface area contributed by atoms with Crippen LogP contribution in [-0.4, -0.2) is 33.2 Å². The Kier molecular flexibility index (Phi) is 4.52. The minimum absolute atomic E-state index is 0.626. The van der Waals surface area contributed by atoms with E-state index in [1.165, 1.54) is 0 Å². The van der Waals surface area contributed by atoms with Gasteiger partial charge in [0.05, 0.1) is 24.4 Å². The molecule has 3 rings (SSSR count). The highest BCUT2D eigenvalue weighted by atomic mass is 16.5. The average Bonchev–Trinajstić information content (AvgIpc) is 2.95. The van der Waals surface area contributed by atoms with E-state index in [0.29, 0.717) is 13.2 Å². The number of fused-ring (bicyclic) bond motifs is 1. The molecule has 6 heteroatoms. The first-order chi connectivity index (χ1) is 11.2. The first-order valence-electron chi connectivity index (χ1n) is 7.65. The normalized spacial score (nSPS) is 11.1. The van der Waals surface area contributed by atoms with E-state index in [9.17, 15) is 0 Å². The van der Waals surface area contributed by atoms with Crippen molar-refractivity contribution in [1.82, 2.24) is 19.5 Å². The average molecular weight is 311 g/mol. The summed E-state index contributed by atoms with van der Waals surface area (Å²) in [6.45, 7) is 5.98. The molecule has 0 aliphatic rings. The van der Waals surface area contributed by atoms with E-state index < -0.39 is 0 Å². The molecule has 0 spiro atoms. The van der Waals surface area contributed by atoms with Crippen LogP contribution < -0.4 is 5.32 Å². The van der Waals surface area contributed by atoms with E-state index in [1.807, 2.05) is 38.4 Å². The zero-order valence-electron chi connectivity index (χ0n) is 13.7. The van der Waals surface area contributed by atoms with Gasteiger partial charge in [0, 0.05) is 26.0 Å². The molecule has 0 saturated carbocycles. The number of hydrogen-bond donors (Lipinski definition) is 1. The van der Waals surface area contributed by atoms with Crippen LogP contribution in [0, 0.1) is 13.8 Å². The second-order valence-corrected chi connectivity index (χ2v) is 5.54.